The van der Waals surface area contributed by atoms with Gasteiger partial charge in [-0.3, -0.25) is 4.99 Å². The first-order valence-electron chi connectivity index (χ1n) is 7.65. The summed E-state index contributed by atoms with van der Waals surface area (Å²) in [6.07, 6.45) is 4.20. The van der Waals surface area contributed by atoms with E-state index in [1.54, 1.807) is 6.07 Å². The maximum absolute atomic E-state index is 13.7. The van der Waals surface area contributed by atoms with Gasteiger partial charge in [0, 0.05) is 12.6 Å². The fourth-order valence-corrected chi connectivity index (χ4v) is 3.04. The summed E-state index contributed by atoms with van der Waals surface area (Å²) < 4.78 is 19.2. The second-order valence-electron chi connectivity index (χ2n) is 5.89. The highest BCUT2D eigenvalue weighted by atomic mass is 19.1. The summed E-state index contributed by atoms with van der Waals surface area (Å²) in [5, 5.41) is 3.21. The summed E-state index contributed by atoms with van der Waals surface area (Å²) in [5.41, 5.74) is 6.70. The molecule has 114 valence electrons. The molecule has 0 amide bonds. The van der Waals surface area contributed by atoms with Crippen molar-refractivity contribution >= 4 is 5.96 Å². The lowest BCUT2D eigenvalue weighted by Crippen LogP contribution is -2.47. The zero-order valence-electron chi connectivity index (χ0n) is 12.1. The number of guanidine groups is 1. The van der Waals surface area contributed by atoms with Crippen molar-refractivity contribution in [1.82, 2.24) is 5.32 Å². The lowest BCUT2D eigenvalue weighted by molar-refractivity contribution is 0.117. The number of nitrogens with zero attached hydrogens (tertiary/aromatic N) is 1. The molecule has 3 rings (SSSR count). The number of ether oxygens (including phenoxy) is 1. The quantitative estimate of drug-likeness (QED) is 0.660. The van der Waals surface area contributed by atoms with E-state index in [0.29, 0.717) is 18.5 Å². The molecular formula is C16H22FN3O. The third-order valence-electron chi connectivity index (χ3n) is 4.32. The smallest absolute Gasteiger partial charge is 0.188 e. The number of rotatable bonds is 4. The highest BCUT2D eigenvalue weighted by molar-refractivity contribution is 5.78. The van der Waals surface area contributed by atoms with Crippen LogP contribution in [0, 0.1) is 5.82 Å². The fraction of sp³-hybridized carbons (Fsp3) is 0.562. The van der Waals surface area contributed by atoms with Crippen LogP contribution in [0.25, 0.3) is 0 Å². The first-order valence-corrected chi connectivity index (χ1v) is 7.65. The monoisotopic (exact) mass is 291 g/mol. The Kier molecular flexibility index (Phi) is 4.39. The first-order chi connectivity index (χ1) is 10.2. The van der Waals surface area contributed by atoms with Crippen LogP contribution < -0.4 is 11.1 Å². The molecule has 0 radical (unpaired) electrons. The Labute approximate surface area is 124 Å². The minimum atomic E-state index is -0.110. The van der Waals surface area contributed by atoms with Gasteiger partial charge in [0.2, 0.25) is 0 Å². The average molecular weight is 291 g/mol. The molecule has 1 aromatic carbocycles. The van der Waals surface area contributed by atoms with Gasteiger partial charge in [0.05, 0.1) is 12.6 Å². The maximum Gasteiger partial charge on any atom is 0.188 e. The van der Waals surface area contributed by atoms with Gasteiger partial charge in [0.25, 0.3) is 0 Å². The molecule has 1 aromatic rings. The second kappa shape index (κ2) is 6.43. The summed E-state index contributed by atoms with van der Waals surface area (Å²) in [6.45, 7) is 1.46. The number of nitrogens with two attached hydrogens (primary N) is 1. The molecule has 21 heavy (non-hydrogen) atoms. The van der Waals surface area contributed by atoms with E-state index < -0.39 is 0 Å². The number of aliphatic imine (C=N–C) groups is 1. The van der Waals surface area contributed by atoms with Gasteiger partial charge in [0.15, 0.2) is 5.96 Å². The molecule has 1 aliphatic heterocycles. The van der Waals surface area contributed by atoms with Crippen LogP contribution in [0.1, 0.15) is 37.2 Å². The van der Waals surface area contributed by atoms with E-state index in [-0.39, 0.29) is 17.8 Å². The summed E-state index contributed by atoms with van der Waals surface area (Å²) in [5.74, 6) is 0.651. The Bertz CT molecular complexity index is 508. The molecule has 2 fully saturated rings. The van der Waals surface area contributed by atoms with Crippen LogP contribution >= 0.6 is 0 Å². The minimum absolute atomic E-state index is 0.110. The molecule has 2 aliphatic rings. The SMILES string of the molecule is NC(=NCC1CCCO1)NC1CC(c2ccccc2F)C1. The summed E-state index contributed by atoms with van der Waals surface area (Å²) >= 11 is 0. The zero-order valence-corrected chi connectivity index (χ0v) is 12.1. The molecule has 1 saturated heterocycles. The molecule has 3 N–H and O–H groups in total. The molecule has 0 aromatic heterocycles. The molecular weight excluding hydrogens is 269 g/mol. The van der Waals surface area contributed by atoms with Gasteiger partial charge in [-0.1, -0.05) is 18.2 Å². The summed E-state index contributed by atoms with van der Waals surface area (Å²) in [7, 11) is 0. The van der Waals surface area contributed by atoms with Gasteiger partial charge in [-0.25, -0.2) is 4.39 Å². The zero-order chi connectivity index (χ0) is 14.7. The molecule has 4 nitrogen and oxygen atoms in total. The van der Waals surface area contributed by atoms with E-state index in [0.717, 1.165) is 37.9 Å². The third-order valence-corrected chi connectivity index (χ3v) is 4.32. The Morgan fingerprint density at radius 3 is 2.90 bits per heavy atom. The molecule has 5 heteroatoms. The van der Waals surface area contributed by atoms with E-state index in [9.17, 15) is 4.39 Å². The number of hydrogen-bond donors (Lipinski definition) is 2. The van der Waals surface area contributed by atoms with Crippen molar-refractivity contribution in [3.8, 4) is 0 Å². The van der Waals surface area contributed by atoms with E-state index in [4.69, 9.17) is 10.5 Å². The summed E-state index contributed by atoms with van der Waals surface area (Å²) in [6, 6.07) is 7.29. The average Bonchev–Trinajstić information content (AvgIpc) is 2.94. The standard InChI is InChI=1S/C16H22FN3O/c17-15-6-2-1-5-14(15)11-8-12(9-11)20-16(18)19-10-13-4-3-7-21-13/h1-2,5-6,11-13H,3-4,7-10H2,(H3,18,19,20). The molecule has 1 saturated carbocycles. The van der Waals surface area contributed by atoms with Gasteiger partial charge in [-0.05, 0) is 43.2 Å². The topological polar surface area (TPSA) is 59.6 Å². The third kappa shape index (κ3) is 3.53. The number of benzene rings is 1. The number of nitrogens with one attached hydrogen (secondary N) is 1. The lowest BCUT2D eigenvalue weighted by Gasteiger charge is -2.36. The number of halogens is 1. The van der Waals surface area contributed by atoms with Crippen LogP contribution in [0.5, 0.6) is 0 Å². The maximum atomic E-state index is 13.7. The van der Waals surface area contributed by atoms with E-state index >= 15 is 0 Å². The molecule has 1 atom stereocenters. The molecule has 0 bridgehead atoms. The van der Waals surface area contributed by atoms with Gasteiger partial charge < -0.3 is 15.8 Å². The second-order valence-corrected chi connectivity index (χ2v) is 5.89. The highest BCUT2D eigenvalue weighted by Gasteiger charge is 2.32. The Morgan fingerprint density at radius 1 is 1.38 bits per heavy atom. The highest BCUT2D eigenvalue weighted by Crippen LogP contribution is 2.37. The van der Waals surface area contributed by atoms with Crippen LogP contribution in [0.15, 0.2) is 29.3 Å². The predicted octanol–water partition coefficient (Wildman–Crippen LogP) is 2.15. The predicted molar refractivity (Wildman–Crippen MR) is 80.8 cm³/mol. The van der Waals surface area contributed by atoms with Crippen molar-refractivity contribution in [3.05, 3.63) is 35.6 Å². The van der Waals surface area contributed by atoms with Crippen molar-refractivity contribution in [2.24, 2.45) is 10.7 Å². The van der Waals surface area contributed by atoms with E-state index in [1.165, 1.54) is 6.07 Å². The molecule has 1 heterocycles. The van der Waals surface area contributed by atoms with Crippen molar-refractivity contribution in [1.29, 1.82) is 0 Å². The van der Waals surface area contributed by atoms with Crippen molar-refractivity contribution < 1.29 is 9.13 Å². The Hall–Kier alpha value is -1.62. The van der Waals surface area contributed by atoms with Crippen molar-refractivity contribution in [3.63, 3.8) is 0 Å². The van der Waals surface area contributed by atoms with Gasteiger partial charge in [-0.15, -0.1) is 0 Å². The van der Waals surface area contributed by atoms with Crippen LogP contribution in [0.3, 0.4) is 0 Å². The van der Waals surface area contributed by atoms with Crippen LogP contribution in [-0.4, -0.2) is 31.3 Å². The normalized spacial score (nSPS) is 29.2. The molecule has 1 aliphatic carbocycles. The van der Waals surface area contributed by atoms with Crippen LogP contribution in [0.2, 0.25) is 0 Å². The van der Waals surface area contributed by atoms with Gasteiger partial charge in [-0.2, -0.15) is 0 Å². The fourth-order valence-electron chi connectivity index (χ4n) is 3.04. The summed E-state index contributed by atoms with van der Waals surface area (Å²) in [4.78, 5) is 4.33. The van der Waals surface area contributed by atoms with Crippen molar-refractivity contribution in [2.45, 2.75) is 43.7 Å². The van der Waals surface area contributed by atoms with Gasteiger partial charge in [0.1, 0.15) is 5.82 Å². The lowest BCUT2D eigenvalue weighted by atomic mass is 9.76. The van der Waals surface area contributed by atoms with Crippen molar-refractivity contribution in [2.75, 3.05) is 13.2 Å². The Morgan fingerprint density at radius 2 is 2.19 bits per heavy atom. The minimum Gasteiger partial charge on any atom is -0.376 e. The van der Waals surface area contributed by atoms with Crippen LogP contribution in [0.4, 0.5) is 4.39 Å². The van der Waals surface area contributed by atoms with Crippen LogP contribution in [-0.2, 0) is 4.74 Å². The van der Waals surface area contributed by atoms with E-state index in [1.807, 2.05) is 12.1 Å². The molecule has 0 spiro atoms. The van der Waals surface area contributed by atoms with E-state index in [2.05, 4.69) is 10.3 Å². The van der Waals surface area contributed by atoms with Gasteiger partial charge >= 0.3 is 0 Å². The largest absolute Gasteiger partial charge is 0.376 e. The number of hydrogen-bond acceptors (Lipinski definition) is 2. The Balaban J connectivity index is 1.44. The first kappa shape index (κ1) is 14.3. The molecule has 1 unspecified atom stereocenters.